The SMILES string of the molecule is C[C@H]1C[C@@H](Nc2nc(N)c3cnn(C)c3n2)CN1Cc1ccccc1. The van der Waals surface area contributed by atoms with Gasteiger partial charge in [-0.15, -0.1) is 0 Å². The van der Waals surface area contributed by atoms with Gasteiger partial charge >= 0.3 is 0 Å². The maximum absolute atomic E-state index is 6.05. The lowest BCUT2D eigenvalue weighted by molar-refractivity contribution is 0.259. The molecule has 3 heterocycles. The number of hydrogen-bond donors (Lipinski definition) is 2. The number of nitrogens with two attached hydrogens (primary N) is 1. The largest absolute Gasteiger partial charge is 0.383 e. The summed E-state index contributed by atoms with van der Waals surface area (Å²) in [6.45, 7) is 4.19. The van der Waals surface area contributed by atoms with Gasteiger partial charge in [-0.25, -0.2) is 0 Å². The van der Waals surface area contributed by atoms with Crippen LogP contribution in [0.25, 0.3) is 11.0 Å². The lowest BCUT2D eigenvalue weighted by atomic mass is 10.2. The number of nitrogens with zero attached hydrogens (tertiary/aromatic N) is 5. The number of aryl methyl sites for hydroxylation is 1. The number of nitrogens with one attached hydrogen (secondary N) is 1. The lowest BCUT2D eigenvalue weighted by Crippen LogP contribution is -2.29. The molecule has 3 N–H and O–H groups in total. The molecule has 4 rings (SSSR count). The topological polar surface area (TPSA) is 84.9 Å². The molecule has 0 aliphatic carbocycles. The molecule has 130 valence electrons. The minimum Gasteiger partial charge on any atom is -0.383 e. The number of fused-ring (bicyclic) bond motifs is 1. The molecule has 2 aromatic heterocycles. The van der Waals surface area contributed by atoms with Crippen molar-refractivity contribution in [2.75, 3.05) is 17.6 Å². The van der Waals surface area contributed by atoms with Gasteiger partial charge in [0.05, 0.1) is 11.6 Å². The molecule has 1 aliphatic rings. The van der Waals surface area contributed by atoms with Gasteiger partial charge in [0, 0.05) is 32.2 Å². The summed E-state index contributed by atoms with van der Waals surface area (Å²) in [6, 6.07) is 11.4. The number of aromatic nitrogens is 4. The van der Waals surface area contributed by atoms with Gasteiger partial charge in [0.25, 0.3) is 0 Å². The Morgan fingerprint density at radius 2 is 2.04 bits per heavy atom. The molecule has 1 aromatic carbocycles. The van der Waals surface area contributed by atoms with E-state index in [9.17, 15) is 0 Å². The molecule has 0 spiro atoms. The fourth-order valence-corrected chi connectivity index (χ4v) is 3.53. The molecular formula is C18H23N7. The van der Waals surface area contributed by atoms with Crippen LogP contribution in [-0.2, 0) is 13.6 Å². The zero-order chi connectivity index (χ0) is 17.4. The van der Waals surface area contributed by atoms with Crippen LogP contribution < -0.4 is 11.1 Å². The second kappa shape index (κ2) is 6.33. The molecule has 0 bridgehead atoms. The average Bonchev–Trinajstić information content (AvgIpc) is 3.12. The monoisotopic (exact) mass is 337 g/mol. The van der Waals surface area contributed by atoms with Crippen LogP contribution in [-0.4, -0.2) is 43.3 Å². The Balaban J connectivity index is 1.47. The highest BCUT2D eigenvalue weighted by molar-refractivity contribution is 5.86. The zero-order valence-electron chi connectivity index (χ0n) is 14.6. The van der Waals surface area contributed by atoms with Crippen molar-refractivity contribution in [3.63, 3.8) is 0 Å². The normalized spacial score (nSPS) is 21.0. The predicted molar refractivity (Wildman–Crippen MR) is 99.1 cm³/mol. The maximum Gasteiger partial charge on any atom is 0.226 e. The van der Waals surface area contributed by atoms with E-state index in [2.05, 4.69) is 62.5 Å². The van der Waals surface area contributed by atoms with Crippen LogP contribution in [0.2, 0.25) is 0 Å². The van der Waals surface area contributed by atoms with E-state index in [0.29, 0.717) is 23.8 Å². The minimum absolute atomic E-state index is 0.309. The smallest absolute Gasteiger partial charge is 0.226 e. The summed E-state index contributed by atoms with van der Waals surface area (Å²) in [5.74, 6) is 1.04. The Morgan fingerprint density at radius 1 is 1.24 bits per heavy atom. The van der Waals surface area contributed by atoms with Crippen LogP contribution in [0.1, 0.15) is 18.9 Å². The van der Waals surface area contributed by atoms with Crippen molar-refractivity contribution >= 4 is 22.8 Å². The van der Waals surface area contributed by atoms with Gasteiger partial charge < -0.3 is 11.1 Å². The molecule has 1 saturated heterocycles. The van der Waals surface area contributed by atoms with Crippen molar-refractivity contribution < 1.29 is 0 Å². The summed E-state index contributed by atoms with van der Waals surface area (Å²) in [4.78, 5) is 11.5. The molecule has 3 aromatic rings. The van der Waals surface area contributed by atoms with Gasteiger partial charge in [-0.2, -0.15) is 15.1 Å². The van der Waals surface area contributed by atoms with E-state index < -0.39 is 0 Å². The molecule has 1 aliphatic heterocycles. The molecule has 25 heavy (non-hydrogen) atoms. The summed E-state index contributed by atoms with van der Waals surface area (Å²) >= 11 is 0. The summed E-state index contributed by atoms with van der Waals surface area (Å²) in [6.07, 6.45) is 2.76. The van der Waals surface area contributed by atoms with Gasteiger partial charge in [-0.1, -0.05) is 30.3 Å². The summed E-state index contributed by atoms with van der Waals surface area (Å²) < 4.78 is 1.72. The second-order valence-corrected chi connectivity index (χ2v) is 6.78. The Hall–Kier alpha value is -2.67. The molecular weight excluding hydrogens is 314 g/mol. The number of anilines is 2. The zero-order valence-corrected chi connectivity index (χ0v) is 14.6. The highest BCUT2D eigenvalue weighted by Gasteiger charge is 2.29. The van der Waals surface area contributed by atoms with Gasteiger partial charge in [0.1, 0.15) is 5.82 Å². The van der Waals surface area contributed by atoms with E-state index >= 15 is 0 Å². The molecule has 0 saturated carbocycles. The first kappa shape index (κ1) is 15.8. The molecule has 1 fully saturated rings. The van der Waals surface area contributed by atoms with Gasteiger partial charge in [0.2, 0.25) is 5.95 Å². The van der Waals surface area contributed by atoms with Crippen molar-refractivity contribution in [1.29, 1.82) is 0 Å². The van der Waals surface area contributed by atoms with Crippen LogP contribution in [0.15, 0.2) is 36.5 Å². The Morgan fingerprint density at radius 3 is 2.84 bits per heavy atom. The van der Waals surface area contributed by atoms with Crippen LogP contribution in [0.5, 0.6) is 0 Å². The van der Waals surface area contributed by atoms with E-state index in [4.69, 9.17) is 5.73 Å². The molecule has 7 heteroatoms. The first-order chi connectivity index (χ1) is 12.1. The fraction of sp³-hybridized carbons (Fsp3) is 0.389. The van der Waals surface area contributed by atoms with E-state index in [0.717, 1.165) is 30.5 Å². The van der Waals surface area contributed by atoms with Crippen molar-refractivity contribution in [2.45, 2.75) is 32.0 Å². The van der Waals surface area contributed by atoms with Crippen molar-refractivity contribution in [1.82, 2.24) is 24.6 Å². The van der Waals surface area contributed by atoms with E-state index in [1.54, 1.807) is 10.9 Å². The van der Waals surface area contributed by atoms with Crippen LogP contribution in [0.4, 0.5) is 11.8 Å². The standard InChI is InChI=1S/C18H23N7/c1-12-8-14(11-25(12)10-13-6-4-3-5-7-13)21-18-22-16(19)15-9-20-24(2)17(15)23-18/h3-7,9,12,14H,8,10-11H2,1-2H3,(H3,19,21,22,23)/t12-,14+/m0/s1. The highest BCUT2D eigenvalue weighted by Crippen LogP contribution is 2.24. The number of hydrogen-bond acceptors (Lipinski definition) is 6. The summed E-state index contributed by atoms with van der Waals surface area (Å²) in [7, 11) is 1.86. The van der Waals surface area contributed by atoms with E-state index in [1.807, 2.05) is 7.05 Å². The molecule has 2 atom stereocenters. The van der Waals surface area contributed by atoms with E-state index in [1.165, 1.54) is 5.56 Å². The number of benzene rings is 1. The van der Waals surface area contributed by atoms with Crippen LogP contribution in [0.3, 0.4) is 0 Å². The Bertz CT molecular complexity index is 874. The Labute approximate surface area is 146 Å². The van der Waals surface area contributed by atoms with Gasteiger partial charge in [0.15, 0.2) is 5.65 Å². The molecule has 0 unspecified atom stereocenters. The second-order valence-electron chi connectivity index (χ2n) is 6.78. The number of nitrogen functional groups attached to an aromatic ring is 1. The number of likely N-dealkylation sites (tertiary alicyclic amines) is 1. The third kappa shape index (κ3) is 3.15. The molecule has 0 radical (unpaired) electrons. The summed E-state index contributed by atoms with van der Waals surface area (Å²) in [5, 5.41) is 8.44. The molecule has 0 amide bonds. The predicted octanol–water partition coefficient (Wildman–Crippen LogP) is 2.02. The number of rotatable bonds is 4. The van der Waals surface area contributed by atoms with E-state index in [-0.39, 0.29) is 0 Å². The minimum atomic E-state index is 0.309. The third-order valence-electron chi connectivity index (χ3n) is 4.89. The Kier molecular flexibility index (Phi) is 4.01. The van der Waals surface area contributed by atoms with Crippen molar-refractivity contribution in [3.05, 3.63) is 42.1 Å². The molecule has 7 nitrogen and oxygen atoms in total. The highest BCUT2D eigenvalue weighted by atomic mass is 15.3. The van der Waals surface area contributed by atoms with Gasteiger partial charge in [-0.3, -0.25) is 9.58 Å². The van der Waals surface area contributed by atoms with Crippen LogP contribution in [0, 0.1) is 0 Å². The van der Waals surface area contributed by atoms with Gasteiger partial charge in [-0.05, 0) is 18.9 Å². The lowest BCUT2D eigenvalue weighted by Gasteiger charge is -2.20. The quantitative estimate of drug-likeness (QED) is 0.758. The van der Waals surface area contributed by atoms with Crippen molar-refractivity contribution in [3.8, 4) is 0 Å². The summed E-state index contributed by atoms with van der Waals surface area (Å²) in [5.41, 5.74) is 8.14. The first-order valence-corrected chi connectivity index (χ1v) is 8.60. The fourth-order valence-electron chi connectivity index (χ4n) is 3.53. The first-order valence-electron chi connectivity index (χ1n) is 8.60. The maximum atomic E-state index is 6.05. The average molecular weight is 337 g/mol. The third-order valence-corrected chi connectivity index (χ3v) is 4.89. The van der Waals surface area contributed by atoms with Crippen molar-refractivity contribution in [2.24, 2.45) is 7.05 Å². The van der Waals surface area contributed by atoms with Crippen LogP contribution >= 0.6 is 0 Å².